The van der Waals surface area contributed by atoms with Gasteiger partial charge in [0.15, 0.2) is 0 Å². The Labute approximate surface area is 92.8 Å². The monoisotopic (exact) mass is 227 g/mol. The lowest BCUT2D eigenvalue weighted by molar-refractivity contribution is 0.475. The summed E-state index contributed by atoms with van der Waals surface area (Å²) in [5.41, 5.74) is 6.45. The van der Waals surface area contributed by atoms with E-state index in [4.69, 9.17) is 10.8 Å². The molecular formula is C11H17NO2S. The molecule has 0 fully saturated rings. The molecule has 0 radical (unpaired) electrons. The average Bonchev–Trinajstić information content (AvgIpc) is 2.21. The van der Waals surface area contributed by atoms with Crippen LogP contribution in [0.1, 0.15) is 12.5 Å². The highest BCUT2D eigenvalue weighted by atomic mass is 32.2. The van der Waals surface area contributed by atoms with Crippen LogP contribution in [0.25, 0.3) is 0 Å². The molecule has 0 aromatic heterocycles. The highest BCUT2D eigenvalue weighted by Crippen LogP contribution is 2.12. The van der Waals surface area contributed by atoms with Crippen LogP contribution >= 0.6 is 0 Å². The Morgan fingerprint density at radius 2 is 2.00 bits per heavy atom. The van der Waals surface area contributed by atoms with Crippen LogP contribution in [-0.4, -0.2) is 21.6 Å². The third-order valence-electron chi connectivity index (χ3n) is 2.14. The van der Waals surface area contributed by atoms with Crippen LogP contribution in [0.5, 0.6) is 5.75 Å². The maximum absolute atomic E-state index is 11.7. The van der Waals surface area contributed by atoms with E-state index in [1.807, 2.05) is 6.92 Å². The summed E-state index contributed by atoms with van der Waals surface area (Å²) >= 11 is 0. The van der Waals surface area contributed by atoms with Gasteiger partial charge in [-0.25, -0.2) is 0 Å². The van der Waals surface area contributed by atoms with E-state index in [2.05, 4.69) is 0 Å². The molecule has 0 aliphatic rings. The Hall–Kier alpha value is -0.870. The van der Waals surface area contributed by atoms with Gasteiger partial charge in [0.2, 0.25) is 0 Å². The third-order valence-corrected chi connectivity index (χ3v) is 3.73. The quantitative estimate of drug-likeness (QED) is 0.795. The van der Waals surface area contributed by atoms with Gasteiger partial charge in [-0.1, -0.05) is 19.1 Å². The number of benzene rings is 1. The van der Waals surface area contributed by atoms with Crippen LogP contribution in [0.4, 0.5) is 0 Å². The SMILES string of the molecule is CC(CN)CS(=O)Cc1ccc(O)cc1. The number of aromatic hydroxyl groups is 1. The van der Waals surface area contributed by atoms with Crippen LogP contribution in [0.15, 0.2) is 24.3 Å². The first-order valence-electron chi connectivity index (χ1n) is 4.94. The highest BCUT2D eigenvalue weighted by Gasteiger charge is 2.06. The van der Waals surface area contributed by atoms with Crippen molar-refractivity contribution in [3.63, 3.8) is 0 Å². The smallest absolute Gasteiger partial charge is 0.115 e. The normalized spacial score (nSPS) is 14.8. The fourth-order valence-corrected chi connectivity index (χ4v) is 2.68. The van der Waals surface area contributed by atoms with Gasteiger partial charge in [-0.3, -0.25) is 4.21 Å². The van der Waals surface area contributed by atoms with E-state index in [0.717, 1.165) is 5.56 Å². The van der Waals surface area contributed by atoms with E-state index in [1.54, 1.807) is 24.3 Å². The van der Waals surface area contributed by atoms with Crippen molar-refractivity contribution in [2.24, 2.45) is 11.7 Å². The molecular weight excluding hydrogens is 210 g/mol. The summed E-state index contributed by atoms with van der Waals surface area (Å²) in [7, 11) is -0.869. The van der Waals surface area contributed by atoms with Crippen molar-refractivity contribution in [2.45, 2.75) is 12.7 Å². The number of nitrogens with two attached hydrogens (primary N) is 1. The Bertz CT molecular complexity index is 324. The van der Waals surface area contributed by atoms with Gasteiger partial charge in [0.25, 0.3) is 0 Å². The minimum atomic E-state index is -0.869. The van der Waals surface area contributed by atoms with E-state index < -0.39 is 10.8 Å². The van der Waals surface area contributed by atoms with Crippen molar-refractivity contribution in [1.82, 2.24) is 0 Å². The number of phenolic OH excluding ortho intramolecular Hbond substituents is 1. The molecule has 0 amide bonds. The number of hydrogen-bond donors (Lipinski definition) is 2. The van der Waals surface area contributed by atoms with Crippen LogP contribution in [0, 0.1) is 5.92 Å². The van der Waals surface area contributed by atoms with Gasteiger partial charge in [0.05, 0.1) is 0 Å². The lowest BCUT2D eigenvalue weighted by Gasteiger charge is -2.07. The maximum Gasteiger partial charge on any atom is 0.115 e. The van der Waals surface area contributed by atoms with E-state index in [1.165, 1.54) is 0 Å². The van der Waals surface area contributed by atoms with Crippen LogP contribution in [-0.2, 0) is 16.6 Å². The number of rotatable bonds is 5. The molecule has 0 saturated carbocycles. The average molecular weight is 227 g/mol. The molecule has 84 valence electrons. The van der Waals surface area contributed by atoms with Gasteiger partial charge in [-0.2, -0.15) is 0 Å². The van der Waals surface area contributed by atoms with Crippen molar-refractivity contribution >= 4 is 10.8 Å². The van der Waals surface area contributed by atoms with Crippen molar-refractivity contribution in [3.8, 4) is 5.75 Å². The molecule has 0 bridgehead atoms. The Morgan fingerprint density at radius 3 is 2.53 bits per heavy atom. The molecule has 0 aliphatic heterocycles. The molecule has 0 aliphatic carbocycles. The van der Waals surface area contributed by atoms with E-state index >= 15 is 0 Å². The maximum atomic E-state index is 11.7. The predicted molar refractivity (Wildman–Crippen MR) is 63.0 cm³/mol. The molecule has 1 aromatic carbocycles. The van der Waals surface area contributed by atoms with E-state index in [0.29, 0.717) is 24.0 Å². The molecule has 0 spiro atoms. The Kier molecular flexibility index (Phi) is 4.78. The van der Waals surface area contributed by atoms with Gasteiger partial charge in [0.1, 0.15) is 5.75 Å². The molecule has 0 heterocycles. The summed E-state index contributed by atoms with van der Waals surface area (Å²) in [5, 5.41) is 9.08. The van der Waals surface area contributed by atoms with E-state index in [9.17, 15) is 4.21 Å². The first kappa shape index (κ1) is 12.2. The van der Waals surface area contributed by atoms with Gasteiger partial charge < -0.3 is 10.8 Å². The second kappa shape index (κ2) is 5.88. The molecule has 2 atom stereocenters. The first-order chi connectivity index (χ1) is 7.11. The molecule has 3 nitrogen and oxygen atoms in total. The van der Waals surface area contributed by atoms with Crippen molar-refractivity contribution in [2.75, 3.05) is 12.3 Å². The predicted octanol–water partition coefficient (Wildman–Crippen LogP) is 1.24. The number of phenols is 1. The molecule has 4 heteroatoms. The summed E-state index contributed by atoms with van der Waals surface area (Å²) < 4.78 is 11.7. The largest absolute Gasteiger partial charge is 0.508 e. The molecule has 15 heavy (non-hydrogen) atoms. The second-order valence-electron chi connectivity index (χ2n) is 3.76. The second-order valence-corrected chi connectivity index (χ2v) is 5.26. The van der Waals surface area contributed by atoms with E-state index in [-0.39, 0.29) is 5.75 Å². The van der Waals surface area contributed by atoms with Crippen molar-refractivity contribution in [3.05, 3.63) is 29.8 Å². The topological polar surface area (TPSA) is 63.3 Å². The molecule has 3 N–H and O–H groups in total. The standard InChI is InChI=1S/C11H17NO2S/c1-9(6-12)7-15(14)8-10-2-4-11(13)5-3-10/h2-5,9,13H,6-8,12H2,1H3. The Balaban J connectivity index is 2.48. The fourth-order valence-electron chi connectivity index (χ4n) is 1.22. The molecule has 0 saturated heterocycles. The third kappa shape index (κ3) is 4.44. The number of hydrogen-bond acceptors (Lipinski definition) is 3. The van der Waals surface area contributed by atoms with Crippen molar-refractivity contribution < 1.29 is 9.32 Å². The van der Waals surface area contributed by atoms with Crippen LogP contribution < -0.4 is 5.73 Å². The molecule has 2 unspecified atom stereocenters. The first-order valence-corrected chi connectivity index (χ1v) is 6.43. The van der Waals surface area contributed by atoms with Crippen LogP contribution in [0.2, 0.25) is 0 Å². The summed E-state index contributed by atoms with van der Waals surface area (Å²) in [5.74, 6) is 1.70. The minimum Gasteiger partial charge on any atom is -0.508 e. The highest BCUT2D eigenvalue weighted by molar-refractivity contribution is 7.84. The molecule has 1 aromatic rings. The van der Waals surface area contributed by atoms with Gasteiger partial charge in [-0.05, 0) is 30.2 Å². The zero-order chi connectivity index (χ0) is 11.3. The summed E-state index contributed by atoms with van der Waals surface area (Å²) in [6, 6.07) is 6.80. The summed E-state index contributed by atoms with van der Waals surface area (Å²) in [4.78, 5) is 0. The minimum absolute atomic E-state index is 0.236. The van der Waals surface area contributed by atoms with Gasteiger partial charge >= 0.3 is 0 Å². The lowest BCUT2D eigenvalue weighted by Crippen LogP contribution is -2.18. The zero-order valence-electron chi connectivity index (χ0n) is 8.85. The lowest BCUT2D eigenvalue weighted by atomic mass is 10.2. The van der Waals surface area contributed by atoms with Gasteiger partial charge in [-0.15, -0.1) is 0 Å². The summed E-state index contributed by atoms with van der Waals surface area (Å²) in [6.45, 7) is 2.57. The Morgan fingerprint density at radius 1 is 1.40 bits per heavy atom. The molecule has 1 rings (SSSR count). The summed E-state index contributed by atoms with van der Waals surface area (Å²) in [6.07, 6.45) is 0. The van der Waals surface area contributed by atoms with Crippen molar-refractivity contribution in [1.29, 1.82) is 0 Å². The van der Waals surface area contributed by atoms with Gasteiger partial charge in [0, 0.05) is 22.3 Å². The fraction of sp³-hybridized carbons (Fsp3) is 0.455. The zero-order valence-corrected chi connectivity index (χ0v) is 9.67. The van der Waals surface area contributed by atoms with Crippen LogP contribution in [0.3, 0.4) is 0 Å².